The van der Waals surface area contributed by atoms with Gasteiger partial charge in [-0.2, -0.15) is 0 Å². The van der Waals surface area contributed by atoms with Crippen LogP contribution in [-0.4, -0.2) is 18.1 Å². The molecule has 2 N–H and O–H groups in total. The first-order valence-electron chi connectivity index (χ1n) is 7.39. The Hall–Kier alpha value is -2.79. The molecule has 6 heteroatoms. The Labute approximate surface area is 144 Å². The Morgan fingerprint density at radius 2 is 1.92 bits per heavy atom. The molecular weight excluding hydrogens is 326 g/mol. The SMILES string of the molecule is CNC(=O)Nc1ccc(Oc2ccc3ccc(C)nc3c2)c(Cl)c1. The lowest BCUT2D eigenvalue weighted by atomic mass is 10.2. The smallest absolute Gasteiger partial charge is 0.318 e. The second kappa shape index (κ2) is 6.76. The van der Waals surface area contributed by atoms with Gasteiger partial charge in [0.15, 0.2) is 0 Å². The van der Waals surface area contributed by atoms with Crippen molar-refractivity contribution < 1.29 is 9.53 Å². The van der Waals surface area contributed by atoms with Gasteiger partial charge in [-0.25, -0.2) is 4.79 Å². The van der Waals surface area contributed by atoms with Crippen LogP contribution >= 0.6 is 11.6 Å². The van der Waals surface area contributed by atoms with E-state index in [0.717, 1.165) is 16.6 Å². The molecule has 0 fully saturated rings. The van der Waals surface area contributed by atoms with Gasteiger partial charge in [-0.15, -0.1) is 0 Å². The van der Waals surface area contributed by atoms with Gasteiger partial charge in [-0.3, -0.25) is 4.98 Å². The summed E-state index contributed by atoms with van der Waals surface area (Å²) >= 11 is 6.24. The lowest BCUT2D eigenvalue weighted by Gasteiger charge is -2.10. The maximum absolute atomic E-state index is 11.3. The Kier molecular flexibility index (Phi) is 4.53. The van der Waals surface area contributed by atoms with Crippen molar-refractivity contribution in [2.45, 2.75) is 6.92 Å². The third-order valence-electron chi connectivity index (χ3n) is 3.45. The number of hydrogen-bond acceptors (Lipinski definition) is 3. The third-order valence-corrected chi connectivity index (χ3v) is 3.74. The number of carbonyl (C=O) groups is 1. The van der Waals surface area contributed by atoms with Gasteiger partial charge in [0.2, 0.25) is 0 Å². The van der Waals surface area contributed by atoms with Crippen LogP contribution in [-0.2, 0) is 0 Å². The molecule has 3 aromatic rings. The summed E-state index contributed by atoms with van der Waals surface area (Å²) in [5.41, 5.74) is 2.39. The van der Waals surface area contributed by atoms with Crippen LogP contribution in [0.2, 0.25) is 5.02 Å². The number of hydrogen-bond donors (Lipinski definition) is 2. The van der Waals surface area contributed by atoms with Crippen molar-refractivity contribution in [1.29, 1.82) is 0 Å². The summed E-state index contributed by atoms with van der Waals surface area (Å²) in [6.45, 7) is 1.95. The Morgan fingerprint density at radius 3 is 2.67 bits per heavy atom. The van der Waals surface area contributed by atoms with Gasteiger partial charge < -0.3 is 15.4 Å². The fourth-order valence-corrected chi connectivity index (χ4v) is 2.46. The van der Waals surface area contributed by atoms with E-state index in [1.165, 1.54) is 0 Å². The second-order valence-corrected chi connectivity index (χ2v) is 5.67. The number of anilines is 1. The third kappa shape index (κ3) is 3.58. The highest BCUT2D eigenvalue weighted by Crippen LogP contribution is 2.32. The van der Waals surface area contributed by atoms with Crippen LogP contribution < -0.4 is 15.4 Å². The lowest BCUT2D eigenvalue weighted by Crippen LogP contribution is -2.24. The maximum atomic E-state index is 11.3. The molecule has 5 nitrogen and oxygen atoms in total. The van der Waals surface area contributed by atoms with E-state index in [-0.39, 0.29) is 6.03 Å². The molecule has 0 radical (unpaired) electrons. The van der Waals surface area contributed by atoms with E-state index in [1.54, 1.807) is 25.2 Å². The molecule has 0 saturated heterocycles. The molecule has 2 aromatic carbocycles. The molecule has 0 bridgehead atoms. The molecule has 3 rings (SSSR count). The normalized spacial score (nSPS) is 10.5. The number of amides is 2. The maximum Gasteiger partial charge on any atom is 0.318 e. The van der Waals surface area contributed by atoms with Gasteiger partial charge in [0.1, 0.15) is 11.5 Å². The highest BCUT2D eigenvalue weighted by Gasteiger charge is 2.07. The molecule has 0 aliphatic rings. The number of aromatic nitrogens is 1. The highest BCUT2D eigenvalue weighted by molar-refractivity contribution is 6.32. The van der Waals surface area contributed by atoms with Gasteiger partial charge >= 0.3 is 6.03 Å². The van der Waals surface area contributed by atoms with Crippen molar-refractivity contribution in [1.82, 2.24) is 10.3 Å². The average Bonchev–Trinajstić information content (AvgIpc) is 2.57. The number of carbonyl (C=O) groups excluding carboxylic acids is 1. The highest BCUT2D eigenvalue weighted by atomic mass is 35.5. The minimum absolute atomic E-state index is 0.310. The van der Waals surface area contributed by atoms with Crippen LogP contribution in [0.15, 0.2) is 48.5 Å². The Morgan fingerprint density at radius 1 is 1.12 bits per heavy atom. The number of ether oxygens (including phenoxy) is 1. The van der Waals surface area contributed by atoms with Crippen LogP contribution in [0, 0.1) is 6.92 Å². The number of rotatable bonds is 3. The van der Waals surface area contributed by atoms with Crippen molar-refractivity contribution in [3.63, 3.8) is 0 Å². The van der Waals surface area contributed by atoms with Crippen molar-refractivity contribution in [2.75, 3.05) is 12.4 Å². The zero-order valence-electron chi connectivity index (χ0n) is 13.3. The summed E-state index contributed by atoms with van der Waals surface area (Å²) in [6.07, 6.45) is 0. The topological polar surface area (TPSA) is 63.2 Å². The number of benzene rings is 2. The molecule has 122 valence electrons. The molecule has 24 heavy (non-hydrogen) atoms. The number of urea groups is 1. The predicted octanol–water partition coefficient (Wildman–Crippen LogP) is 4.74. The van der Waals surface area contributed by atoms with Crippen LogP contribution in [0.25, 0.3) is 10.9 Å². The molecule has 0 aliphatic heterocycles. The molecule has 1 aromatic heterocycles. The fraction of sp³-hybridized carbons (Fsp3) is 0.111. The van der Waals surface area contributed by atoms with E-state index in [2.05, 4.69) is 15.6 Å². The van der Waals surface area contributed by atoms with E-state index in [4.69, 9.17) is 16.3 Å². The first kappa shape index (κ1) is 16.1. The number of nitrogens with zero attached hydrogens (tertiary/aromatic N) is 1. The van der Waals surface area contributed by atoms with Crippen LogP contribution in [0.5, 0.6) is 11.5 Å². The predicted molar refractivity (Wildman–Crippen MR) is 96.1 cm³/mol. The molecule has 0 spiro atoms. The Balaban J connectivity index is 1.84. The second-order valence-electron chi connectivity index (χ2n) is 5.26. The van der Waals surface area contributed by atoms with Crippen molar-refractivity contribution in [2.24, 2.45) is 0 Å². The number of aryl methyl sites for hydroxylation is 1. The van der Waals surface area contributed by atoms with Gasteiger partial charge in [-0.1, -0.05) is 17.7 Å². The summed E-state index contributed by atoms with van der Waals surface area (Å²) in [5.74, 6) is 1.15. The monoisotopic (exact) mass is 341 g/mol. The van der Waals surface area contributed by atoms with Gasteiger partial charge in [-0.05, 0) is 43.3 Å². The zero-order valence-corrected chi connectivity index (χ0v) is 14.0. The van der Waals surface area contributed by atoms with E-state index >= 15 is 0 Å². The quantitative estimate of drug-likeness (QED) is 0.723. The largest absolute Gasteiger partial charge is 0.456 e. The molecular formula is C18H16ClN3O2. The first-order valence-corrected chi connectivity index (χ1v) is 7.76. The standard InChI is InChI=1S/C18H16ClN3O2/c1-11-3-4-12-5-7-14(10-16(12)21-11)24-17-8-6-13(9-15(17)19)22-18(23)20-2/h3-10H,1-2H3,(H2,20,22,23). The van der Waals surface area contributed by atoms with Crippen LogP contribution in [0.4, 0.5) is 10.5 Å². The fourth-order valence-electron chi connectivity index (χ4n) is 2.24. The van der Waals surface area contributed by atoms with E-state index in [1.807, 2.05) is 37.3 Å². The summed E-state index contributed by atoms with van der Waals surface area (Å²) in [5, 5.41) is 6.58. The zero-order chi connectivity index (χ0) is 17.1. The van der Waals surface area contributed by atoms with Gasteiger partial charge in [0, 0.05) is 29.9 Å². The first-order chi connectivity index (χ1) is 11.5. The molecule has 1 heterocycles. The summed E-state index contributed by atoms with van der Waals surface area (Å²) in [7, 11) is 1.55. The molecule has 0 unspecified atom stereocenters. The number of halogens is 1. The lowest BCUT2D eigenvalue weighted by molar-refractivity contribution is 0.254. The van der Waals surface area contributed by atoms with Crippen LogP contribution in [0.3, 0.4) is 0 Å². The van der Waals surface area contributed by atoms with E-state index in [9.17, 15) is 4.79 Å². The Bertz CT molecular complexity index is 912. The van der Waals surface area contributed by atoms with Gasteiger partial charge in [0.05, 0.1) is 10.5 Å². The van der Waals surface area contributed by atoms with Gasteiger partial charge in [0.25, 0.3) is 0 Å². The van der Waals surface area contributed by atoms with Crippen molar-refractivity contribution in [3.8, 4) is 11.5 Å². The van der Waals surface area contributed by atoms with E-state index in [0.29, 0.717) is 22.2 Å². The minimum Gasteiger partial charge on any atom is -0.456 e. The summed E-state index contributed by atoms with van der Waals surface area (Å²) in [6, 6.07) is 14.4. The number of fused-ring (bicyclic) bond motifs is 1. The van der Waals surface area contributed by atoms with E-state index < -0.39 is 0 Å². The molecule has 0 saturated carbocycles. The summed E-state index contributed by atoms with van der Waals surface area (Å²) in [4.78, 5) is 15.8. The van der Waals surface area contributed by atoms with Crippen molar-refractivity contribution in [3.05, 3.63) is 59.2 Å². The van der Waals surface area contributed by atoms with Crippen molar-refractivity contribution >= 4 is 34.2 Å². The molecule has 2 amide bonds. The average molecular weight is 342 g/mol. The number of nitrogens with one attached hydrogen (secondary N) is 2. The van der Waals surface area contributed by atoms with Crippen LogP contribution in [0.1, 0.15) is 5.69 Å². The molecule has 0 aliphatic carbocycles. The molecule has 0 atom stereocenters. The minimum atomic E-state index is -0.310. The summed E-state index contributed by atoms with van der Waals surface area (Å²) < 4.78 is 5.84. The number of pyridine rings is 1.